The molecule has 118 valence electrons. The number of thiocarbonyl (C=S) groups is 1. The molecule has 0 bridgehead atoms. The van der Waals surface area contributed by atoms with Crippen LogP contribution < -0.4 is 10.1 Å². The average molecular weight is 324 g/mol. The normalized spacial score (nSPS) is 19.2. The Morgan fingerprint density at radius 3 is 2.91 bits per heavy atom. The second kappa shape index (κ2) is 5.72. The van der Waals surface area contributed by atoms with E-state index in [-0.39, 0.29) is 6.09 Å². The van der Waals surface area contributed by atoms with E-state index in [0.29, 0.717) is 48.8 Å². The van der Waals surface area contributed by atoms with Gasteiger partial charge in [-0.3, -0.25) is 0 Å². The van der Waals surface area contributed by atoms with Gasteiger partial charge in [0.1, 0.15) is 16.6 Å². The predicted molar refractivity (Wildman–Crippen MR) is 82.4 cm³/mol. The first kappa shape index (κ1) is 15.0. The van der Waals surface area contributed by atoms with Crippen molar-refractivity contribution >= 4 is 23.3 Å². The molecule has 7 heteroatoms. The van der Waals surface area contributed by atoms with E-state index in [1.807, 2.05) is 0 Å². The topological polar surface area (TPSA) is 50.8 Å². The van der Waals surface area contributed by atoms with Crippen LogP contribution >= 0.6 is 12.2 Å². The summed E-state index contributed by atoms with van der Waals surface area (Å²) in [4.78, 5) is 13.7. The summed E-state index contributed by atoms with van der Waals surface area (Å²) in [6.45, 7) is 3.13. The van der Waals surface area contributed by atoms with Crippen LogP contribution in [0.2, 0.25) is 0 Å². The molecular formula is C15H17FN2O3S. The maximum atomic E-state index is 13.9. The van der Waals surface area contributed by atoms with Gasteiger partial charge in [-0.15, -0.1) is 0 Å². The lowest BCUT2D eigenvalue weighted by Crippen LogP contribution is -2.61. The van der Waals surface area contributed by atoms with Crippen molar-refractivity contribution in [3.63, 3.8) is 0 Å². The number of fused-ring (bicyclic) bond motifs is 1. The Balaban J connectivity index is 1.75. The molecule has 2 aliphatic rings. The third-order valence-electron chi connectivity index (χ3n) is 3.95. The minimum absolute atomic E-state index is 0.302. The SMILES string of the molecule is CCOC(=O)N1CCC2(CC1)NC(=S)c1c(F)cccc1O2. The third-order valence-corrected chi connectivity index (χ3v) is 4.25. The minimum Gasteiger partial charge on any atom is -0.467 e. The lowest BCUT2D eigenvalue weighted by Gasteiger charge is -2.45. The molecule has 1 aromatic carbocycles. The molecule has 0 radical (unpaired) electrons. The minimum atomic E-state index is -0.680. The zero-order valence-electron chi connectivity index (χ0n) is 12.2. The number of halogens is 1. The number of carbonyl (C=O) groups is 1. The fraction of sp³-hybridized carbons (Fsp3) is 0.467. The van der Waals surface area contributed by atoms with Gasteiger partial charge in [0.15, 0.2) is 5.72 Å². The van der Waals surface area contributed by atoms with Crippen molar-refractivity contribution in [3.8, 4) is 5.75 Å². The van der Waals surface area contributed by atoms with E-state index in [0.717, 1.165) is 0 Å². The average Bonchev–Trinajstić information content (AvgIpc) is 2.47. The maximum absolute atomic E-state index is 13.9. The second-order valence-corrected chi connectivity index (χ2v) is 5.76. The molecule has 1 spiro atoms. The molecule has 1 fully saturated rings. The first-order valence-corrected chi connectivity index (χ1v) is 7.67. The summed E-state index contributed by atoms with van der Waals surface area (Å²) in [6.07, 6.45) is 0.797. The van der Waals surface area contributed by atoms with Crippen molar-refractivity contribution in [2.45, 2.75) is 25.5 Å². The largest absolute Gasteiger partial charge is 0.467 e. The van der Waals surface area contributed by atoms with E-state index in [2.05, 4.69) is 5.32 Å². The highest BCUT2D eigenvalue weighted by Gasteiger charge is 2.43. The standard InChI is InChI=1S/C15H17FN2O3S/c1-2-20-14(19)18-8-6-15(7-9-18)17-13(22)12-10(16)4-3-5-11(12)21-15/h3-5H,2,6-9H2,1H3,(H,17,22). The van der Waals surface area contributed by atoms with Crippen LogP contribution in [0.4, 0.5) is 9.18 Å². The summed E-state index contributed by atoms with van der Waals surface area (Å²) in [6, 6.07) is 4.67. The zero-order chi connectivity index (χ0) is 15.7. The molecule has 1 saturated heterocycles. The van der Waals surface area contributed by atoms with Gasteiger partial charge in [0.2, 0.25) is 0 Å². The summed E-state index contributed by atoms with van der Waals surface area (Å²) in [5.74, 6) is 0.0575. The molecule has 0 unspecified atom stereocenters. The van der Waals surface area contributed by atoms with Crippen molar-refractivity contribution in [1.29, 1.82) is 0 Å². The van der Waals surface area contributed by atoms with Gasteiger partial charge in [-0.25, -0.2) is 9.18 Å². The number of nitrogens with zero attached hydrogens (tertiary/aromatic N) is 1. The molecule has 1 aromatic rings. The molecule has 2 heterocycles. The van der Waals surface area contributed by atoms with Crippen molar-refractivity contribution in [1.82, 2.24) is 10.2 Å². The lowest BCUT2D eigenvalue weighted by atomic mass is 9.97. The number of carbonyl (C=O) groups excluding carboxylic acids is 1. The van der Waals surface area contributed by atoms with Crippen LogP contribution in [-0.2, 0) is 4.74 Å². The maximum Gasteiger partial charge on any atom is 0.409 e. The summed E-state index contributed by atoms with van der Waals surface area (Å²) in [7, 11) is 0. The molecule has 1 amide bonds. The number of hydrogen-bond donors (Lipinski definition) is 1. The van der Waals surface area contributed by atoms with E-state index >= 15 is 0 Å². The van der Waals surface area contributed by atoms with E-state index in [1.54, 1.807) is 24.0 Å². The molecule has 0 atom stereocenters. The predicted octanol–water partition coefficient (Wildman–Crippen LogP) is 2.43. The number of piperidine rings is 1. The van der Waals surface area contributed by atoms with Crippen molar-refractivity contribution < 1.29 is 18.7 Å². The van der Waals surface area contributed by atoms with E-state index < -0.39 is 11.5 Å². The van der Waals surface area contributed by atoms with Gasteiger partial charge in [0.05, 0.1) is 12.2 Å². The van der Waals surface area contributed by atoms with Crippen LogP contribution in [-0.4, -0.2) is 41.4 Å². The molecule has 5 nitrogen and oxygen atoms in total. The van der Waals surface area contributed by atoms with Crippen molar-refractivity contribution in [3.05, 3.63) is 29.6 Å². The van der Waals surface area contributed by atoms with Gasteiger partial charge < -0.3 is 19.7 Å². The summed E-state index contributed by atoms with van der Waals surface area (Å²) in [5.41, 5.74) is -0.378. The van der Waals surface area contributed by atoms with Gasteiger partial charge in [-0.2, -0.15) is 0 Å². The number of rotatable bonds is 1. The highest BCUT2D eigenvalue weighted by Crippen LogP contribution is 2.35. The van der Waals surface area contributed by atoms with Gasteiger partial charge >= 0.3 is 6.09 Å². The number of benzene rings is 1. The first-order valence-electron chi connectivity index (χ1n) is 7.26. The number of likely N-dealkylation sites (tertiary alicyclic amines) is 1. The number of hydrogen-bond acceptors (Lipinski definition) is 4. The van der Waals surface area contributed by atoms with Gasteiger partial charge in [-0.1, -0.05) is 18.3 Å². The van der Waals surface area contributed by atoms with E-state index in [9.17, 15) is 9.18 Å². The van der Waals surface area contributed by atoms with Crippen LogP contribution in [0, 0.1) is 5.82 Å². The Morgan fingerprint density at radius 1 is 1.50 bits per heavy atom. The van der Waals surface area contributed by atoms with Crippen molar-refractivity contribution in [2.24, 2.45) is 0 Å². The Labute approximate surface area is 133 Å². The molecule has 2 aliphatic heterocycles. The smallest absolute Gasteiger partial charge is 0.409 e. The molecular weight excluding hydrogens is 307 g/mol. The van der Waals surface area contributed by atoms with Gasteiger partial charge in [0, 0.05) is 25.9 Å². The van der Waals surface area contributed by atoms with E-state index in [4.69, 9.17) is 21.7 Å². The molecule has 3 rings (SSSR count). The Bertz CT molecular complexity index is 615. The van der Waals surface area contributed by atoms with Crippen molar-refractivity contribution in [2.75, 3.05) is 19.7 Å². The van der Waals surface area contributed by atoms with Crippen LogP contribution in [0.5, 0.6) is 5.75 Å². The molecule has 1 N–H and O–H groups in total. The first-order chi connectivity index (χ1) is 10.5. The third kappa shape index (κ3) is 2.61. The zero-order valence-corrected chi connectivity index (χ0v) is 13.0. The van der Waals surface area contributed by atoms with E-state index in [1.165, 1.54) is 6.07 Å². The fourth-order valence-corrected chi connectivity index (χ4v) is 3.19. The lowest BCUT2D eigenvalue weighted by molar-refractivity contribution is -0.0144. The quantitative estimate of drug-likeness (QED) is 0.804. The van der Waals surface area contributed by atoms with Crippen LogP contribution in [0.25, 0.3) is 0 Å². The van der Waals surface area contributed by atoms with Crippen LogP contribution in [0.1, 0.15) is 25.3 Å². The molecule has 22 heavy (non-hydrogen) atoms. The number of nitrogens with one attached hydrogen (secondary N) is 1. The summed E-state index contributed by atoms with van der Waals surface area (Å²) in [5, 5.41) is 3.11. The summed E-state index contributed by atoms with van der Waals surface area (Å²) >= 11 is 5.29. The molecule has 0 aliphatic carbocycles. The monoisotopic (exact) mass is 324 g/mol. The van der Waals surface area contributed by atoms with Crippen LogP contribution in [0.15, 0.2) is 18.2 Å². The van der Waals surface area contributed by atoms with Gasteiger partial charge in [0.25, 0.3) is 0 Å². The Morgan fingerprint density at radius 2 is 2.23 bits per heavy atom. The molecule has 0 saturated carbocycles. The summed E-state index contributed by atoms with van der Waals surface area (Å²) < 4.78 is 24.8. The Kier molecular flexibility index (Phi) is 3.90. The second-order valence-electron chi connectivity index (χ2n) is 5.35. The fourth-order valence-electron chi connectivity index (χ4n) is 2.81. The highest BCUT2D eigenvalue weighted by molar-refractivity contribution is 7.80. The number of amides is 1. The number of ether oxygens (including phenoxy) is 2. The highest BCUT2D eigenvalue weighted by atomic mass is 32.1. The molecule has 0 aromatic heterocycles. The van der Waals surface area contributed by atoms with Crippen LogP contribution in [0.3, 0.4) is 0 Å². The Hall–Kier alpha value is -1.89. The van der Waals surface area contributed by atoms with Gasteiger partial charge in [-0.05, 0) is 19.1 Å².